The second kappa shape index (κ2) is 9.59. The van der Waals surface area contributed by atoms with E-state index in [0.29, 0.717) is 36.5 Å². The molecule has 30 heavy (non-hydrogen) atoms. The molecule has 1 fully saturated rings. The fourth-order valence-corrected chi connectivity index (χ4v) is 4.76. The van der Waals surface area contributed by atoms with E-state index in [2.05, 4.69) is 10.0 Å². The van der Waals surface area contributed by atoms with Crippen LogP contribution in [0.3, 0.4) is 0 Å². The molecule has 160 valence electrons. The molecule has 0 aromatic heterocycles. The molecule has 0 spiro atoms. The highest BCUT2D eigenvalue weighted by atomic mass is 35.5. The molecule has 2 aromatic rings. The fraction of sp³-hybridized carbons (Fsp3) is 0.333. The number of hydrogen-bond acceptors (Lipinski definition) is 4. The van der Waals surface area contributed by atoms with Crippen molar-refractivity contribution in [1.29, 1.82) is 0 Å². The predicted octanol–water partition coefficient (Wildman–Crippen LogP) is 2.43. The van der Waals surface area contributed by atoms with Gasteiger partial charge in [-0.15, -0.1) is 0 Å². The zero-order valence-corrected chi connectivity index (χ0v) is 18.1. The van der Waals surface area contributed by atoms with Gasteiger partial charge in [0, 0.05) is 29.7 Å². The molecule has 7 nitrogen and oxygen atoms in total. The monoisotopic (exact) mass is 449 g/mol. The summed E-state index contributed by atoms with van der Waals surface area (Å²) in [6, 6.07) is 13.8. The number of carbonyl (C=O) groups excluding carboxylic acids is 2. The number of carbonyl (C=O) groups is 2. The van der Waals surface area contributed by atoms with Crippen LogP contribution in [-0.2, 0) is 14.8 Å². The molecule has 0 aliphatic carbocycles. The number of rotatable bonds is 6. The van der Waals surface area contributed by atoms with E-state index in [1.807, 2.05) is 6.07 Å². The average Bonchev–Trinajstić information content (AvgIpc) is 2.74. The maximum absolute atomic E-state index is 12.7. The standard InChI is InChI=1S/C21H24ClN3O4S/c1-15(23-20(26)16-5-3-2-4-6-16)21(27)25-13-11-18(12-14-25)24-30(28,29)19-9-7-17(22)8-10-19/h2-10,15,18,24H,11-14H2,1H3,(H,23,26)/t15-/m0/s1. The lowest BCUT2D eigenvalue weighted by Crippen LogP contribution is -2.52. The normalized spacial score (nSPS) is 16.1. The summed E-state index contributed by atoms with van der Waals surface area (Å²) in [7, 11) is -3.65. The van der Waals surface area contributed by atoms with E-state index in [-0.39, 0.29) is 22.8 Å². The summed E-state index contributed by atoms with van der Waals surface area (Å²) >= 11 is 5.81. The first-order chi connectivity index (χ1) is 14.3. The number of sulfonamides is 1. The van der Waals surface area contributed by atoms with Gasteiger partial charge in [0.15, 0.2) is 0 Å². The first kappa shape index (κ1) is 22.3. The second-order valence-corrected chi connectivity index (χ2v) is 9.39. The minimum Gasteiger partial charge on any atom is -0.341 e. The summed E-state index contributed by atoms with van der Waals surface area (Å²) in [5.41, 5.74) is 0.493. The molecule has 2 N–H and O–H groups in total. The molecule has 0 bridgehead atoms. The number of nitrogens with zero attached hydrogens (tertiary/aromatic N) is 1. The molecule has 1 saturated heterocycles. The number of amides is 2. The zero-order valence-electron chi connectivity index (χ0n) is 16.5. The van der Waals surface area contributed by atoms with Gasteiger partial charge < -0.3 is 10.2 Å². The van der Waals surface area contributed by atoms with Gasteiger partial charge in [0.25, 0.3) is 5.91 Å². The molecule has 2 amide bonds. The summed E-state index contributed by atoms with van der Waals surface area (Å²) in [6.07, 6.45) is 0.996. The van der Waals surface area contributed by atoms with E-state index >= 15 is 0 Å². The molecule has 0 saturated carbocycles. The number of likely N-dealkylation sites (tertiary alicyclic amines) is 1. The first-order valence-corrected chi connectivity index (χ1v) is 11.5. The average molecular weight is 450 g/mol. The van der Waals surface area contributed by atoms with Crippen LogP contribution in [0.4, 0.5) is 0 Å². The summed E-state index contributed by atoms with van der Waals surface area (Å²) in [4.78, 5) is 26.7. The Morgan fingerprint density at radius 3 is 2.23 bits per heavy atom. The zero-order chi connectivity index (χ0) is 21.7. The van der Waals surface area contributed by atoms with E-state index < -0.39 is 16.1 Å². The SMILES string of the molecule is C[C@H](NC(=O)c1ccccc1)C(=O)N1CCC(NS(=O)(=O)c2ccc(Cl)cc2)CC1. The third-order valence-corrected chi connectivity index (χ3v) is 6.79. The lowest BCUT2D eigenvalue weighted by Gasteiger charge is -2.33. The number of hydrogen-bond donors (Lipinski definition) is 2. The smallest absolute Gasteiger partial charge is 0.251 e. The molecule has 0 unspecified atom stereocenters. The molecule has 1 atom stereocenters. The largest absolute Gasteiger partial charge is 0.341 e. The second-order valence-electron chi connectivity index (χ2n) is 7.24. The van der Waals surface area contributed by atoms with Crippen LogP contribution < -0.4 is 10.0 Å². The molecular formula is C21H24ClN3O4S. The molecule has 1 heterocycles. The summed E-state index contributed by atoms with van der Waals surface area (Å²) in [5.74, 6) is -0.486. The van der Waals surface area contributed by atoms with Gasteiger partial charge in [0.1, 0.15) is 6.04 Å². The molecule has 1 aliphatic heterocycles. The molecule has 9 heteroatoms. The van der Waals surface area contributed by atoms with Crippen LogP contribution in [0.1, 0.15) is 30.1 Å². The lowest BCUT2D eigenvalue weighted by atomic mass is 10.1. The highest BCUT2D eigenvalue weighted by Gasteiger charge is 2.29. The van der Waals surface area contributed by atoms with Crippen LogP contribution in [0, 0.1) is 0 Å². The quantitative estimate of drug-likeness (QED) is 0.708. The van der Waals surface area contributed by atoms with Gasteiger partial charge in [0.2, 0.25) is 15.9 Å². The van der Waals surface area contributed by atoms with Crippen molar-refractivity contribution in [2.45, 2.75) is 36.7 Å². The van der Waals surface area contributed by atoms with Crippen LogP contribution in [0.15, 0.2) is 59.5 Å². The van der Waals surface area contributed by atoms with Crippen molar-refractivity contribution in [2.75, 3.05) is 13.1 Å². The van der Waals surface area contributed by atoms with Gasteiger partial charge in [-0.2, -0.15) is 0 Å². The molecule has 2 aromatic carbocycles. The molecule has 0 radical (unpaired) electrons. The number of halogens is 1. The fourth-order valence-electron chi connectivity index (χ4n) is 3.32. The van der Waals surface area contributed by atoms with Crippen LogP contribution in [0.5, 0.6) is 0 Å². The minimum absolute atomic E-state index is 0.155. The Hall–Kier alpha value is -2.42. The van der Waals surface area contributed by atoms with Gasteiger partial charge in [-0.25, -0.2) is 13.1 Å². The number of nitrogens with one attached hydrogen (secondary N) is 2. The van der Waals surface area contributed by atoms with Crippen LogP contribution in [0.2, 0.25) is 5.02 Å². The van der Waals surface area contributed by atoms with Gasteiger partial charge >= 0.3 is 0 Å². The van der Waals surface area contributed by atoms with Crippen molar-refractivity contribution < 1.29 is 18.0 Å². The summed E-state index contributed by atoms with van der Waals surface area (Å²) in [5, 5.41) is 3.18. The maximum atomic E-state index is 12.7. The first-order valence-electron chi connectivity index (χ1n) is 9.69. The van der Waals surface area contributed by atoms with Gasteiger partial charge in [-0.3, -0.25) is 9.59 Å². The van der Waals surface area contributed by atoms with Crippen LogP contribution in [0.25, 0.3) is 0 Å². The number of piperidine rings is 1. The molecule has 1 aliphatic rings. The predicted molar refractivity (Wildman–Crippen MR) is 115 cm³/mol. The van der Waals surface area contributed by atoms with E-state index in [0.717, 1.165) is 0 Å². The maximum Gasteiger partial charge on any atom is 0.251 e. The molecule has 3 rings (SSSR count). The van der Waals surface area contributed by atoms with Gasteiger partial charge in [0.05, 0.1) is 4.90 Å². The van der Waals surface area contributed by atoms with E-state index in [4.69, 9.17) is 11.6 Å². The molecular weight excluding hydrogens is 426 g/mol. The highest BCUT2D eigenvalue weighted by molar-refractivity contribution is 7.89. The van der Waals surface area contributed by atoms with Crippen LogP contribution >= 0.6 is 11.6 Å². The Morgan fingerprint density at radius 1 is 1.03 bits per heavy atom. The third-order valence-electron chi connectivity index (χ3n) is 5.01. The Labute approximate surface area is 181 Å². The highest BCUT2D eigenvalue weighted by Crippen LogP contribution is 2.18. The van der Waals surface area contributed by atoms with E-state index in [9.17, 15) is 18.0 Å². The van der Waals surface area contributed by atoms with Gasteiger partial charge in [-0.05, 0) is 56.2 Å². The van der Waals surface area contributed by atoms with Gasteiger partial charge in [-0.1, -0.05) is 29.8 Å². The van der Waals surface area contributed by atoms with E-state index in [1.165, 1.54) is 24.3 Å². The number of benzene rings is 2. The van der Waals surface area contributed by atoms with Crippen molar-refractivity contribution in [3.8, 4) is 0 Å². The third kappa shape index (κ3) is 5.59. The Kier molecular flexibility index (Phi) is 7.12. The van der Waals surface area contributed by atoms with E-state index in [1.54, 1.807) is 36.1 Å². The van der Waals surface area contributed by atoms with Crippen molar-refractivity contribution in [3.05, 3.63) is 65.2 Å². The summed E-state index contributed by atoms with van der Waals surface area (Å²) in [6.45, 7) is 2.48. The lowest BCUT2D eigenvalue weighted by molar-refractivity contribution is -0.133. The van der Waals surface area contributed by atoms with Crippen molar-refractivity contribution in [2.24, 2.45) is 0 Å². The van der Waals surface area contributed by atoms with Crippen molar-refractivity contribution >= 4 is 33.4 Å². The van der Waals surface area contributed by atoms with Crippen LogP contribution in [-0.4, -0.2) is 50.3 Å². The Morgan fingerprint density at radius 2 is 1.63 bits per heavy atom. The topological polar surface area (TPSA) is 95.6 Å². The summed E-state index contributed by atoms with van der Waals surface area (Å²) < 4.78 is 27.7. The minimum atomic E-state index is -3.65. The Balaban J connectivity index is 1.51. The Bertz CT molecular complexity index is 989. The van der Waals surface area contributed by atoms with Crippen molar-refractivity contribution in [1.82, 2.24) is 14.9 Å². The van der Waals surface area contributed by atoms with Crippen molar-refractivity contribution in [3.63, 3.8) is 0 Å².